The lowest BCUT2D eigenvalue weighted by molar-refractivity contribution is -0.105. The first-order valence-corrected chi connectivity index (χ1v) is 10.5. The number of nitrogens with zero attached hydrogens (tertiary/aromatic N) is 2. The molecule has 0 saturated heterocycles. The van der Waals surface area contributed by atoms with E-state index in [0.29, 0.717) is 36.1 Å². The molecule has 8 heteroatoms. The van der Waals surface area contributed by atoms with Crippen molar-refractivity contribution in [2.24, 2.45) is 0 Å². The molecule has 0 spiro atoms. The molecule has 0 bridgehead atoms. The average Bonchev–Trinajstić information content (AvgIpc) is 3.16. The molecule has 3 heterocycles. The van der Waals surface area contributed by atoms with Crippen molar-refractivity contribution < 1.29 is 19.0 Å². The van der Waals surface area contributed by atoms with Gasteiger partial charge in [-0.2, -0.15) is 0 Å². The minimum Gasteiger partial charge on any atom is -0.481 e. The van der Waals surface area contributed by atoms with Crippen LogP contribution >= 0.6 is 11.3 Å². The van der Waals surface area contributed by atoms with E-state index in [2.05, 4.69) is 34.3 Å². The molecular weight excluding hydrogens is 402 g/mol. The summed E-state index contributed by atoms with van der Waals surface area (Å²) in [6.45, 7) is 2.67. The summed E-state index contributed by atoms with van der Waals surface area (Å²) in [5, 5.41) is 3.12. The Bertz CT molecular complexity index is 1030. The van der Waals surface area contributed by atoms with E-state index in [4.69, 9.17) is 14.2 Å². The third-order valence-corrected chi connectivity index (χ3v) is 6.14. The van der Waals surface area contributed by atoms with Crippen LogP contribution in [0.15, 0.2) is 42.7 Å². The Kier molecular flexibility index (Phi) is 5.85. The van der Waals surface area contributed by atoms with Gasteiger partial charge in [0.1, 0.15) is 0 Å². The van der Waals surface area contributed by atoms with Crippen molar-refractivity contribution in [2.45, 2.75) is 31.6 Å². The van der Waals surface area contributed by atoms with Crippen molar-refractivity contribution in [3.63, 3.8) is 0 Å². The van der Waals surface area contributed by atoms with Crippen LogP contribution in [0.3, 0.4) is 0 Å². The van der Waals surface area contributed by atoms with Gasteiger partial charge in [-0.3, -0.25) is 4.79 Å². The lowest BCUT2D eigenvalue weighted by atomic mass is 9.98. The zero-order chi connectivity index (χ0) is 21.0. The number of carbonyl (C=O) groups excluding carboxylic acids is 1. The first-order valence-electron chi connectivity index (χ1n) is 9.64. The second-order valence-electron chi connectivity index (χ2n) is 7.37. The molecule has 1 aliphatic heterocycles. The molecular formula is C22H23N3O4S. The molecule has 1 amide bonds. The van der Waals surface area contributed by atoms with Crippen molar-refractivity contribution in [1.82, 2.24) is 9.97 Å². The van der Waals surface area contributed by atoms with E-state index >= 15 is 0 Å². The number of amides is 1. The fraction of sp³-hybridized carbons (Fsp3) is 0.318. The first kappa shape index (κ1) is 20.2. The number of carbonyl (C=O) groups is 1. The maximum absolute atomic E-state index is 10.3. The number of benzene rings is 1. The number of nitrogens with one attached hydrogen (secondary N) is 1. The number of fused-ring (bicyclic) bond motifs is 1. The monoisotopic (exact) mass is 425 g/mol. The van der Waals surface area contributed by atoms with Crippen LogP contribution in [-0.4, -0.2) is 30.3 Å². The average molecular weight is 426 g/mol. The summed E-state index contributed by atoms with van der Waals surface area (Å²) >= 11 is 1.43. The summed E-state index contributed by atoms with van der Waals surface area (Å²) in [7, 11) is 1.60. The maximum atomic E-state index is 10.3. The van der Waals surface area contributed by atoms with Crippen LogP contribution in [0.2, 0.25) is 0 Å². The smallest absolute Gasteiger partial charge is 0.231 e. The van der Waals surface area contributed by atoms with Crippen LogP contribution in [0.5, 0.6) is 17.4 Å². The summed E-state index contributed by atoms with van der Waals surface area (Å²) in [6.07, 6.45) is 7.33. The molecule has 30 heavy (non-hydrogen) atoms. The molecule has 1 saturated carbocycles. The van der Waals surface area contributed by atoms with Gasteiger partial charge >= 0.3 is 0 Å². The van der Waals surface area contributed by atoms with E-state index in [9.17, 15) is 4.79 Å². The number of hydrogen-bond acceptors (Lipinski definition) is 7. The number of pyridine rings is 1. The Hall–Kier alpha value is -3.13. The van der Waals surface area contributed by atoms with Crippen molar-refractivity contribution in [1.29, 1.82) is 0 Å². The number of aromatic nitrogens is 2. The van der Waals surface area contributed by atoms with Gasteiger partial charge in [-0.15, -0.1) is 11.3 Å². The quantitative estimate of drug-likeness (QED) is 0.597. The SMILES string of the molecule is CC1(c2ccc3c(c2)OCO3)CC1.COc1ncccc1Cc1cnc(NC=O)s1. The number of hydrogen-bond donors (Lipinski definition) is 1. The Morgan fingerprint density at radius 2 is 2.07 bits per heavy atom. The van der Waals surface area contributed by atoms with Crippen molar-refractivity contribution in [2.75, 3.05) is 19.2 Å². The highest BCUT2D eigenvalue weighted by Crippen LogP contribution is 2.49. The van der Waals surface area contributed by atoms with Gasteiger partial charge in [0.05, 0.1) is 7.11 Å². The fourth-order valence-corrected chi connectivity index (χ4v) is 3.98. The van der Waals surface area contributed by atoms with Gasteiger partial charge < -0.3 is 19.5 Å². The lowest BCUT2D eigenvalue weighted by Gasteiger charge is -2.08. The molecule has 0 radical (unpaired) electrons. The van der Waals surface area contributed by atoms with E-state index in [1.165, 1.54) is 29.7 Å². The van der Waals surface area contributed by atoms with Gasteiger partial charge in [0.2, 0.25) is 19.1 Å². The third-order valence-electron chi connectivity index (χ3n) is 5.21. The maximum Gasteiger partial charge on any atom is 0.231 e. The minimum atomic E-state index is 0.371. The van der Waals surface area contributed by atoms with Gasteiger partial charge in [0.15, 0.2) is 16.6 Å². The molecule has 2 aliphatic rings. The Labute approximate surface area is 179 Å². The Morgan fingerprint density at radius 1 is 1.23 bits per heavy atom. The highest BCUT2D eigenvalue weighted by molar-refractivity contribution is 7.15. The molecule has 0 unspecified atom stereocenters. The van der Waals surface area contributed by atoms with Crippen molar-refractivity contribution in [3.05, 3.63) is 58.7 Å². The first-order chi connectivity index (χ1) is 14.6. The fourth-order valence-electron chi connectivity index (χ4n) is 3.18. The second-order valence-corrected chi connectivity index (χ2v) is 8.49. The van der Waals surface area contributed by atoms with Crippen LogP contribution in [0, 0.1) is 0 Å². The van der Waals surface area contributed by atoms with Gasteiger partial charge in [-0.25, -0.2) is 9.97 Å². The third kappa shape index (κ3) is 4.54. The molecule has 1 aliphatic carbocycles. The molecule has 2 aromatic heterocycles. The number of methoxy groups -OCH3 is 1. The number of rotatable bonds is 6. The molecule has 0 atom stereocenters. The highest BCUT2D eigenvalue weighted by Gasteiger charge is 2.39. The molecule has 1 N–H and O–H groups in total. The normalized spacial score (nSPS) is 15.0. The summed E-state index contributed by atoms with van der Waals surface area (Å²) in [4.78, 5) is 19.5. The van der Waals surface area contributed by atoms with Crippen LogP contribution in [0.1, 0.15) is 35.8 Å². The molecule has 156 valence electrons. The summed E-state index contributed by atoms with van der Waals surface area (Å²) in [5.41, 5.74) is 2.80. The van der Waals surface area contributed by atoms with E-state index in [1.807, 2.05) is 18.2 Å². The predicted molar refractivity (Wildman–Crippen MR) is 115 cm³/mol. The van der Waals surface area contributed by atoms with E-state index < -0.39 is 0 Å². The highest BCUT2D eigenvalue weighted by atomic mass is 32.1. The van der Waals surface area contributed by atoms with Crippen molar-refractivity contribution >= 4 is 22.9 Å². The Balaban J connectivity index is 0.000000150. The molecule has 1 aromatic carbocycles. The lowest BCUT2D eigenvalue weighted by Crippen LogP contribution is -1.98. The van der Waals surface area contributed by atoms with Gasteiger partial charge in [-0.1, -0.05) is 19.1 Å². The minimum absolute atomic E-state index is 0.371. The van der Waals surface area contributed by atoms with Crippen LogP contribution in [-0.2, 0) is 16.6 Å². The zero-order valence-electron chi connectivity index (χ0n) is 16.9. The van der Waals surface area contributed by atoms with Gasteiger partial charge in [-0.05, 0) is 42.0 Å². The van der Waals surface area contributed by atoms with E-state index in [0.717, 1.165) is 21.9 Å². The largest absolute Gasteiger partial charge is 0.481 e. The zero-order valence-corrected chi connectivity index (χ0v) is 17.7. The molecule has 5 rings (SSSR count). The standard InChI is InChI=1S/C11H11N3O2S.C11H12O2/c1-16-10-8(3-2-4-12-10)5-9-6-13-11(17-9)14-7-15;1-11(4-5-11)8-2-3-9-10(6-8)13-7-12-9/h2-4,6-7H,5H2,1H3,(H,13,14,15);2-3,6H,4-5,7H2,1H3. The van der Waals surface area contributed by atoms with Gasteiger partial charge in [0, 0.05) is 29.3 Å². The van der Waals surface area contributed by atoms with Crippen LogP contribution < -0.4 is 19.5 Å². The number of thiazole rings is 1. The van der Waals surface area contributed by atoms with Crippen LogP contribution in [0.25, 0.3) is 0 Å². The summed E-state index contributed by atoms with van der Waals surface area (Å²) < 4.78 is 15.8. The molecule has 3 aromatic rings. The predicted octanol–water partition coefficient (Wildman–Crippen LogP) is 4.17. The topological polar surface area (TPSA) is 82.6 Å². The summed E-state index contributed by atoms with van der Waals surface area (Å²) in [6, 6.07) is 10.1. The number of anilines is 1. The van der Waals surface area contributed by atoms with Gasteiger partial charge in [0.25, 0.3) is 0 Å². The molecule has 7 nitrogen and oxygen atoms in total. The molecule has 1 fully saturated rings. The Morgan fingerprint density at radius 3 is 2.83 bits per heavy atom. The summed E-state index contributed by atoms with van der Waals surface area (Å²) in [5.74, 6) is 2.41. The van der Waals surface area contributed by atoms with Crippen molar-refractivity contribution in [3.8, 4) is 17.4 Å². The van der Waals surface area contributed by atoms with Crippen LogP contribution in [0.4, 0.5) is 5.13 Å². The van der Waals surface area contributed by atoms with E-state index in [1.54, 1.807) is 19.5 Å². The second kappa shape index (κ2) is 8.71. The van der Waals surface area contributed by atoms with E-state index in [-0.39, 0.29) is 0 Å². The number of ether oxygens (including phenoxy) is 3.